The lowest BCUT2D eigenvalue weighted by molar-refractivity contribution is -0.121. The second-order valence-corrected chi connectivity index (χ2v) is 4.86. The van der Waals surface area contributed by atoms with Gasteiger partial charge in [-0.25, -0.2) is 0 Å². The number of carbonyl (C=O) groups excluding carboxylic acids is 1. The van der Waals surface area contributed by atoms with Crippen molar-refractivity contribution in [2.75, 3.05) is 26.7 Å². The van der Waals surface area contributed by atoms with Crippen LogP contribution < -0.4 is 10.6 Å². The molecule has 1 fully saturated rings. The Balaban J connectivity index is 2.18. The maximum Gasteiger partial charge on any atom is 0.234 e. The molecule has 16 heavy (non-hydrogen) atoms. The number of nitrogens with one attached hydrogen (secondary N) is 2. The summed E-state index contributed by atoms with van der Waals surface area (Å²) in [5.74, 6) is 0.126. The molecule has 2 atom stereocenters. The number of nitrogens with zero attached hydrogens (tertiary/aromatic N) is 1. The quantitative estimate of drug-likeness (QED) is 0.722. The van der Waals surface area contributed by atoms with E-state index in [-0.39, 0.29) is 5.91 Å². The van der Waals surface area contributed by atoms with E-state index in [0.717, 1.165) is 25.9 Å². The number of piperidine rings is 1. The molecule has 4 heteroatoms. The molecule has 0 saturated carbocycles. The summed E-state index contributed by atoms with van der Waals surface area (Å²) in [5, 5.41) is 6.29. The number of hydrogen-bond acceptors (Lipinski definition) is 3. The highest BCUT2D eigenvalue weighted by atomic mass is 16.2. The Kier molecular flexibility index (Phi) is 5.77. The minimum absolute atomic E-state index is 0.126. The molecule has 1 rings (SSSR count). The smallest absolute Gasteiger partial charge is 0.234 e. The molecule has 0 aromatic carbocycles. The van der Waals surface area contributed by atoms with Crippen LogP contribution in [0.15, 0.2) is 0 Å². The summed E-state index contributed by atoms with van der Waals surface area (Å²) >= 11 is 0. The first-order chi connectivity index (χ1) is 7.61. The van der Waals surface area contributed by atoms with Gasteiger partial charge >= 0.3 is 0 Å². The lowest BCUT2D eigenvalue weighted by atomic mass is 10.1. The van der Waals surface area contributed by atoms with Gasteiger partial charge in [0.1, 0.15) is 0 Å². The fourth-order valence-electron chi connectivity index (χ4n) is 1.97. The maximum atomic E-state index is 11.6. The van der Waals surface area contributed by atoms with Crippen molar-refractivity contribution in [1.29, 1.82) is 0 Å². The van der Waals surface area contributed by atoms with E-state index in [2.05, 4.69) is 36.4 Å². The van der Waals surface area contributed by atoms with Crippen molar-refractivity contribution in [1.82, 2.24) is 15.5 Å². The average molecular weight is 227 g/mol. The minimum Gasteiger partial charge on any atom is -0.351 e. The van der Waals surface area contributed by atoms with Crippen molar-refractivity contribution in [2.45, 2.75) is 45.2 Å². The Hall–Kier alpha value is -0.610. The van der Waals surface area contributed by atoms with Crippen LogP contribution in [0.2, 0.25) is 0 Å². The van der Waals surface area contributed by atoms with Crippen LogP contribution in [0.1, 0.15) is 33.1 Å². The second kappa shape index (κ2) is 6.86. The van der Waals surface area contributed by atoms with Crippen molar-refractivity contribution in [3.63, 3.8) is 0 Å². The van der Waals surface area contributed by atoms with Crippen LogP contribution in [0.5, 0.6) is 0 Å². The highest BCUT2D eigenvalue weighted by molar-refractivity contribution is 5.78. The van der Waals surface area contributed by atoms with Gasteiger partial charge in [-0.3, -0.25) is 4.79 Å². The molecular formula is C12H25N3O. The standard InChI is InChI=1S/C12H25N3O/c1-4-10(2)13-8-12(16)14-11-6-5-7-15(3)9-11/h10-11,13H,4-9H2,1-3H3,(H,14,16). The molecule has 0 aliphatic carbocycles. The molecule has 94 valence electrons. The van der Waals surface area contributed by atoms with Crippen molar-refractivity contribution in [3.8, 4) is 0 Å². The molecule has 1 aliphatic rings. The van der Waals surface area contributed by atoms with Crippen molar-refractivity contribution in [2.24, 2.45) is 0 Å². The van der Waals surface area contributed by atoms with Crippen LogP contribution in [-0.2, 0) is 4.79 Å². The average Bonchev–Trinajstić information content (AvgIpc) is 2.26. The molecule has 2 N–H and O–H groups in total. The van der Waals surface area contributed by atoms with E-state index in [4.69, 9.17) is 0 Å². The molecular weight excluding hydrogens is 202 g/mol. The summed E-state index contributed by atoms with van der Waals surface area (Å²) in [6.45, 7) is 6.79. The Morgan fingerprint density at radius 3 is 2.94 bits per heavy atom. The van der Waals surface area contributed by atoms with Gasteiger partial charge in [0.25, 0.3) is 0 Å². The zero-order valence-corrected chi connectivity index (χ0v) is 10.8. The first-order valence-corrected chi connectivity index (χ1v) is 6.33. The van der Waals surface area contributed by atoms with Gasteiger partial charge in [0.05, 0.1) is 6.54 Å². The van der Waals surface area contributed by atoms with Gasteiger partial charge in [0.2, 0.25) is 5.91 Å². The van der Waals surface area contributed by atoms with E-state index in [9.17, 15) is 4.79 Å². The Bertz CT molecular complexity index is 220. The van der Waals surface area contributed by atoms with Crippen LogP contribution in [0.3, 0.4) is 0 Å². The zero-order chi connectivity index (χ0) is 12.0. The van der Waals surface area contributed by atoms with E-state index in [0.29, 0.717) is 18.6 Å². The molecule has 2 unspecified atom stereocenters. The summed E-state index contributed by atoms with van der Waals surface area (Å²) in [7, 11) is 2.11. The van der Waals surface area contributed by atoms with Crippen LogP contribution in [0.25, 0.3) is 0 Å². The predicted octanol–water partition coefficient (Wildman–Crippen LogP) is 0.585. The summed E-state index contributed by atoms with van der Waals surface area (Å²) in [6.07, 6.45) is 3.35. The summed E-state index contributed by atoms with van der Waals surface area (Å²) in [6, 6.07) is 0.754. The molecule has 4 nitrogen and oxygen atoms in total. The normalized spacial score (nSPS) is 24.1. The third-order valence-electron chi connectivity index (χ3n) is 3.21. The van der Waals surface area contributed by atoms with Gasteiger partial charge in [0.15, 0.2) is 0 Å². The van der Waals surface area contributed by atoms with Gasteiger partial charge in [-0.15, -0.1) is 0 Å². The van der Waals surface area contributed by atoms with E-state index in [1.165, 1.54) is 6.42 Å². The number of rotatable bonds is 5. The zero-order valence-electron chi connectivity index (χ0n) is 10.8. The molecule has 0 radical (unpaired) electrons. The molecule has 0 bridgehead atoms. The first-order valence-electron chi connectivity index (χ1n) is 6.33. The van der Waals surface area contributed by atoms with E-state index < -0.39 is 0 Å². The molecule has 0 spiro atoms. The maximum absolute atomic E-state index is 11.6. The summed E-state index contributed by atoms with van der Waals surface area (Å²) < 4.78 is 0. The van der Waals surface area contributed by atoms with Crippen LogP contribution in [-0.4, -0.2) is 49.6 Å². The van der Waals surface area contributed by atoms with Gasteiger partial charge in [-0.05, 0) is 39.8 Å². The fraction of sp³-hybridized carbons (Fsp3) is 0.917. The van der Waals surface area contributed by atoms with Crippen molar-refractivity contribution < 1.29 is 4.79 Å². The minimum atomic E-state index is 0.126. The first kappa shape index (κ1) is 13.5. The summed E-state index contributed by atoms with van der Waals surface area (Å²) in [4.78, 5) is 13.9. The lowest BCUT2D eigenvalue weighted by Gasteiger charge is -2.30. The Morgan fingerprint density at radius 1 is 1.56 bits per heavy atom. The Labute approximate surface area is 98.8 Å². The predicted molar refractivity (Wildman–Crippen MR) is 66.4 cm³/mol. The lowest BCUT2D eigenvalue weighted by Crippen LogP contribution is -2.49. The SMILES string of the molecule is CCC(C)NCC(=O)NC1CCCN(C)C1. The molecule has 1 saturated heterocycles. The third kappa shape index (κ3) is 4.94. The van der Waals surface area contributed by atoms with Crippen LogP contribution in [0.4, 0.5) is 0 Å². The van der Waals surface area contributed by atoms with Gasteiger partial charge in [0, 0.05) is 18.6 Å². The number of hydrogen-bond donors (Lipinski definition) is 2. The number of amides is 1. The van der Waals surface area contributed by atoms with Gasteiger partial charge < -0.3 is 15.5 Å². The van der Waals surface area contributed by atoms with Crippen LogP contribution in [0, 0.1) is 0 Å². The third-order valence-corrected chi connectivity index (χ3v) is 3.21. The second-order valence-electron chi connectivity index (χ2n) is 4.86. The monoisotopic (exact) mass is 227 g/mol. The number of carbonyl (C=O) groups is 1. The van der Waals surface area contributed by atoms with E-state index in [1.807, 2.05) is 0 Å². The van der Waals surface area contributed by atoms with Crippen molar-refractivity contribution in [3.05, 3.63) is 0 Å². The highest BCUT2D eigenvalue weighted by Gasteiger charge is 2.18. The number of likely N-dealkylation sites (tertiary alicyclic amines) is 1. The van der Waals surface area contributed by atoms with Gasteiger partial charge in [-0.2, -0.15) is 0 Å². The largest absolute Gasteiger partial charge is 0.351 e. The van der Waals surface area contributed by atoms with E-state index >= 15 is 0 Å². The van der Waals surface area contributed by atoms with Crippen molar-refractivity contribution >= 4 is 5.91 Å². The molecule has 1 heterocycles. The highest BCUT2D eigenvalue weighted by Crippen LogP contribution is 2.07. The molecule has 0 aromatic rings. The topological polar surface area (TPSA) is 44.4 Å². The van der Waals surface area contributed by atoms with E-state index in [1.54, 1.807) is 0 Å². The molecule has 1 amide bonds. The number of likely N-dealkylation sites (N-methyl/N-ethyl adjacent to an activating group) is 1. The Morgan fingerprint density at radius 2 is 2.31 bits per heavy atom. The summed E-state index contributed by atoms with van der Waals surface area (Å²) in [5.41, 5.74) is 0. The van der Waals surface area contributed by atoms with Gasteiger partial charge in [-0.1, -0.05) is 6.92 Å². The molecule has 1 aliphatic heterocycles. The fourth-order valence-corrected chi connectivity index (χ4v) is 1.97. The molecule has 0 aromatic heterocycles. The van der Waals surface area contributed by atoms with Crippen LogP contribution >= 0.6 is 0 Å².